The number of likely N-dealkylation sites (tertiary alicyclic amines) is 1. The number of hydrogen-bond donors (Lipinski definition) is 2. The van der Waals surface area contributed by atoms with Gasteiger partial charge in [-0.1, -0.05) is 36.4 Å². The Bertz CT molecular complexity index is 1870. The summed E-state index contributed by atoms with van der Waals surface area (Å²) >= 11 is 3.64. The van der Waals surface area contributed by atoms with Gasteiger partial charge in [0.25, 0.3) is 5.91 Å². The first-order valence-corrected chi connectivity index (χ1v) is 19.4. The molecule has 0 aliphatic carbocycles. The van der Waals surface area contributed by atoms with Crippen molar-refractivity contribution < 1.29 is 19.0 Å². The van der Waals surface area contributed by atoms with Crippen LogP contribution in [0.1, 0.15) is 59.6 Å². The predicted octanol–water partition coefficient (Wildman–Crippen LogP) is 7.90. The third-order valence-corrected chi connectivity index (χ3v) is 11.9. The summed E-state index contributed by atoms with van der Waals surface area (Å²) in [4.78, 5) is 20.8. The predicted molar refractivity (Wildman–Crippen MR) is 205 cm³/mol. The van der Waals surface area contributed by atoms with Gasteiger partial charge < -0.3 is 34.6 Å². The van der Waals surface area contributed by atoms with E-state index in [0.717, 1.165) is 38.5 Å². The van der Waals surface area contributed by atoms with Crippen molar-refractivity contribution in [2.24, 2.45) is 0 Å². The Hall–Kier alpha value is -3.67. The second-order valence-corrected chi connectivity index (χ2v) is 16.3. The quantitative estimate of drug-likeness (QED) is 0.153. The van der Waals surface area contributed by atoms with Gasteiger partial charge in [-0.25, -0.2) is 0 Å². The first kappa shape index (κ1) is 34.8. The summed E-state index contributed by atoms with van der Waals surface area (Å²) < 4.78 is 19.9. The molecule has 2 aromatic heterocycles. The second-order valence-electron chi connectivity index (χ2n) is 14.0. The molecule has 0 bridgehead atoms. The van der Waals surface area contributed by atoms with Crippen LogP contribution in [0.4, 0.5) is 0 Å². The summed E-state index contributed by atoms with van der Waals surface area (Å²) in [5.41, 5.74) is 0.543. The van der Waals surface area contributed by atoms with Gasteiger partial charge in [-0.2, -0.15) is 0 Å². The van der Waals surface area contributed by atoms with E-state index < -0.39 is 5.79 Å². The Balaban J connectivity index is 0.000000184. The number of thiophene rings is 2. The van der Waals surface area contributed by atoms with E-state index >= 15 is 0 Å². The zero-order chi connectivity index (χ0) is 34.7. The van der Waals surface area contributed by atoms with Gasteiger partial charge in [0.15, 0.2) is 11.5 Å². The fourth-order valence-electron chi connectivity index (χ4n) is 7.17. The van der Waals surface area contributed by atoms with Crippen molar-refractivity contribution in [2.75, 3.05) is 40.3 Å². The van der Waals surface area contributed by atoms with Crippen molar-refractivity contribution in [3.8, 4) is 17.2 Å². The Morgan fingerprint density at radius 2 is 1.70 bits per heavy atom. The van der Waals surface area contributed by atoms with Crippen molar-refractivity contribution in [2.45, 2.75) is 70.5 Å². The number of carbonyl (C=O) groups excluding carboxylic acids is 1. The molecule has 0 spiro atoms. The van der Waals surface area contributed by atoms with E-state index in [1.165, 1.54) is 49.3 Å². The molecular formula is C40H48N4O4S2. The number of nitrogens with zero attached hydrogens (tertiary/aromatic N) is 2. The minimum absolute atomic E-state index is 0.0365. The number of amides is 1. The van der Waals surface area contributed by atoms with Crippen LogP contribution in [-0.4, -0.2) is 73.9 Å². The number of carbonyl (C=O) groups is 1. The van der Waals surface area contributed by atoms with Crippen LogP contribution in [0.3, 0.4) is 0 Å². The molecule has 0 radical (unpaired) electrons. The van der Waals surface area contributed by atoms with E-state index in [-0.39, 0.29) is 5.91 Å². The molecule has 5 heterocycles. The molecule has 3 aliphatic heterocycles. The third-order valence-electron chi connectivity index (χ3n) is 9.73. The minimum Gasteiger partial charge on any atom is -0.493 e. The van der Waals surface area contributed by atoms with Crippen LogP contribution in [-0.2, 0) is 13.1 Å². The van der Waals surface area contributed by atoms with Crippen molar-refractivity contribution in [3.05, 3.63) is 88.1 Å². The van der Waals surface area contributed by atoms with Crippen LogP contribution in [0, 0.1) is 0 Å². The highest BCUT2D eigenvalue weighted by Gasteiger charge is 2.36. The molecule has 2 N–H and O–H groups in total. The summed E-state index contributed by atoms with van der Waals surface area (Å²) in [6.07, 6.45) is 4.92. The number of hydrogen-bond acceptors (Lipinski definition) is 9. The lowest BCUT2D eigenvalue weighted by molar-refractivity contribution is -0.0439. The summed E-state index contributed by atoms with van der Waals surface area (Å²) in [6, 6.07) is 26.0. The van der Waals surface area contributed by atoms with Gasteiger partial charge in [0.1, 0.15) is 0 Å². The molecule has 2 atom stereocenters. The topological polar surface area (TPSA) is 75.3 Å². The van der Waals surface area contributed by atoms with Crippen LogP contribution in [0.25, 0.3) is 20.2 Å². The molecule has 3 aliphatic rings. The molecule has 264 valence electrons. The molecule has 10 heteroatoms. The maximum Gasteiger partial charge on any atom is 0.254 e. The van der Waals surface area contributed by atoms with Crippen molar-refractivity contribution >= 4 is 48.8 Å². The van der Waals surface area contributed by atoms with Gasteiger partial charge in [0.2, 0.25) is 11.5 Å². The highest BCUT2D eigenvalue weighted by atomic mass is 32.1. The smallest absolute Gasteiger partial charge is 0.254 e. The van der Waals surface area contributed by atoms with Gasteiger partial charge in [-0.15, -0.1) is 22.7 Å². The Kier molecular flexibility index (Phi) is 10.6. The lowest BCUT2D eigenvalue weighted by Gasteiger charge is -2.26. The van der Waals surface area contributed by atoms with E-state index in [2.05, 4.69) is 71.1 Å². The average Bonchev–Trinajstić information content (AvgIpc) is 3.94. The fraction of sp³-hybridized carbons (Fsp3) is 0.425. The first-order valence-electron chi connectivity index (χ1n) is 17.7. The summed E-state index contributed by atoms with van der Waals surface area (Å²) in [6.45, 7) is 9.29. The number of fused-ring (bicyclic) bond motifs is 3. The van der Waals surface area contributed by atoms with E-state index in [1.54, 1.807) is 30.6 Å². The summed E-state index contributed by atoms with van der Waals surface area (Å²) in [7, 11) is 3.81. The van der Waals surface area contributed by atoms with Gasteiger partial charge in [-0.05, 0) is 93.0 Å². The van der Waals surface area contributed by atoms with Crippen LogP contribution >= 0.6 is 22.7 Å². The van der Waals surface area contributed by atoms with Crippen molar-refractivity contribution in [1.82, 2.24) is 20.4 Å². The molecule has 5 aromatic rings. The molecular weight excluding hydrogens is 665 g/mol. The second kappa shape index (κ2) is 15.3. The van der Waals surface area contributed by atoms with Crippen LogP contribution in [0.5, 0.6) is 17.2 Å². The molecule has 2 saturated heterocycles. The molecule has 1 amide bonds. The van der Waals surface area contributed by atoms with Crippen molar-refractivity contribution in [3.63, 3.8) is 0 Å². The zero-order valence-electron chi connectivity index (χ0n) is 29.5. The van der Waals surface area contributed by atoms with E-state index in [4.69, 9.17) is 14.2 Å². The molecule has 2 fully saturated rings. The standard InChI is InChI=1S/C25H28N2O4S.C15H20N2S/c1-25(2)30-21-13-17(12-20(29-3)23(21)31-25)24(28)27(14-18-8-6-10-26-18)15-19-11-16-7-4-5-9-22(16)32-19;1-17-8-4-6-13(17)10-16-11-14-9-12-5-2-3-7-15(12)18-14/h4-5,7,9,11-13,18,26H,6,8,10,14-15H2,1-3H3;2-3,5,7,9,13,16H,4,6,8,10-11H2,1H3/t18-;13-/m00/s1. The molecule has 50 heavy (non-hydrogen) atoms. The lowest BCUT2D eigenvalue weighted by Crippen LogP contribution is -2.40. The molecule has 0 saturated carbocycles. The Morgan fingerprint density at radius 3 is 2.36 bits per heavy atom. The van der Waals surface area contributed by atoms with Gasteiger partial charge >= 0.3 is 0 Å². The van der Waals surface area contributed by atoms with Gasteiger partial charge in [0.05, 0.1) is 13.7 Å². The zero-order valence-corrected chi connectivity index (χ0v) is 31.1. The lowest BCUT2D eigenvalue weighted by atomic mass is 10.1. The largest absolute Gasteiger partial charge is 0.493 e. The van der Waals surface area contributed by atoms with Crippen LogP contribution in [0.2, 0.25) is 0 Å². The van der Waals surface area contributed by atoms with Gasteiger partial charge in [0, 0.05) is 70.3 Å². The fourth-order valence-corrected chi connectivity index (χ4v) is 9.28. The first-order chi connectivity index (χ1) is 24.2. The molecule has 8 rings (SSSR count). The maximum atomic E-state index is 13.7. The van der Waals surface area contributed by atoms with E-state index in [1.807, 2.05) is 42.2 Å². The van der Waals surface area contributed by atoms with Crippen LogP contribution in [0.15, 0.2) is 72.8 Å². The maximum absolute atomic E-state index is 13.7. The molecule has 0 unspecified atom stereocenters. The normalized spacial score (nSPS) is 19.5. The monoisotopic (exact) mass is 712 g/mol. The Labute approximate surface area is 303 Å². The average molecular weight is 713 g/mol. The Morgan fingerprint density at radius 1 is 0.980 bits per heavy atom. The number of rotatable bonds is 10. The number of benzene rings is 3. The SMILES string of the molecule is CN1CCC[C@H]1CNCc1cc2ccccc2s1.COc1cc(C(=O)N(Cc2cc3ccccc3s2)C[C@@H]2CCCN2)cc2c1OC(C)(C)O2. The number of ether oxygens (including phenoxy) is 3. The highest BCUT2D eigenvalue weighted by molar-refractivity contribution is 7.19. The molecule has 8 nitrogen and oxygen atoms in total. The summed E-state index contributed by atoms with van der Waals surface area (Å²) in [5, 5.41) is 9.71. The van der Waals surface area contributed by atoms with Gasteiger partial charge in [-0.3, -0.25) is 4.79 Å². The number of likely N-dealkylation sites (N-methyl/N-ethyl adjacent to an activating group) is 1. The van der Waals surface area contributed by atoms with Crippen molar-refractivity contribution in [1.29, 1.82) is 0 Å². The third kappa shape index (κ3) is 8.11. The minimum atomic E-state index is -0.790. The van der Waals surface area contributed by atoms with E-state index in [0.29, 0.717) is 41.9 Å². The number of methoxy groups -OCH3 is 1. The molecule has 3 aromatic carbocycles. The van der Waals surface area contributed by atoms with E-state index in [9.17, 15) is 4.79 Å². The summed E-state index contributed by atoms with van der Waals surface area (Å²) in [5.74, 6) is 0.769. The van der Waals surface area contributed by atoms with Crippen LogP contribution < -0.4 is 24.8 Å². The highest BCUT2D eigenvalue weighted by Crippen LogP contribution is 2.47. The number of nitrogens with one attached hydrogen (secondary N) is 2.